The predicted octanol–water partition coefficient (Wildman–Crippen LogP) is 23.2. The first kappa shape index (κ1) is 75.3. The Morgan fingerprint density at radius 1 is 0.266 bits per heavy atom. The predicted molar refractivity (Wildman–Crippen MR) is 344 cm³/mol. The Bertz CT molecular complexity index is 1540. The number of ether oxygens (including phenoxy) is 3. The van der Waals surface area contributed by atoms with Crippen LogP contribution >= 0.6 is 0 Å². The third kappa shape index (κ3) is 65.0. The van der Waals surface area contributed by atoms with Crippen molar-refractivity contribution in [1.82, 2.24) is 0 Å². The van der Waals surface area contributed by atoms with Gasteiger partial charge in [0.25, 0.3) is 0 Å². The molecule has 0 aromatic heterocycles. The average molecular weight is 1100 g/mol. The van der Waals surface area contributed by atoms with Crippen LogP contribution in [0, 0.1) is 0 Å². The number of hydrogen-bond donors (Lipinski definition) is 0. The topological polar surface area (TPSA) is 78.9 Å². The fraction of sp³-hybridized carbons (Fsp3) is 0.740. The first-order valence-electron chi connectivity index (χ1n) is 33.7. The maximum Gasteiger partial charge on any atom is 0.306 e. The van der Waals surface area contributed by atoms with Gasteiger partial charge in [0.2, 0.25) is 0 Å². The van der Waals surface area contributed by atoms with Crippen molar-refractivity contribution >= 4 is 17.9 Å². The summed E-state index contributed by atoms with van der Waals surface area (Å²) in [6, 6.07) is 0. The van der Waals surface area contributed by atoms with Crippen LogP contribution in [-0.2, 0) is 28.6 Å². The number of rotatable bonds is 61. The van der Waals surface area contributed by atoms with Crippen molar-refractivity contribution in [2.24, 2.45) is 0 Å². The summed E-state index contributed by atoms with van der Waals surface area (Å²) in [5.41, 5.74) is 0. The highest BCUT2D eigenvalue weighted by Crippen LogP contribution is 2.17. The molecule has 0 fully saturated rings. The van der Waals surface area contributed by atoms with Gasteiger partial charge in [-0.1, -0.05) is 311 Å². The van der Waals surface area contributed by atoms with Crippen LogP contribution in [0.5, 0.6) is 0 Å². The van der Waals surface area contributed by atoms with Crippen molar-refractivity contribution in [3.05, 3.63) is 97.2 Å². The summed E-state index contributed by atoms with van der Waals surface area (Å²) in [5.74, 6) is -0.918. The smallest absolute Gasteiger partial charge is 0.306 e. The Kier molecular flexibility index (Phi) is 63.7. The van der Waals surface area contributed by atoms with Gasteiger partial charge in [-0.3, -0.25) is 14.4 Å². The van der Waals surface area contributed by atoms with E-state index >= 15 is 0 Å². The maximum atomic E-state index is 12.9. The number of unbranched alkanes of at least 4 members (excludes halogenated alkanes) is 34. The Labute approximate surface area is 489 Å². The third-order valence-electron chi connectivity index (χ3n) is 14.6. The molecule has 1 atom stereocenters. The monoisotopic (exact) mass is 1100 g/mol. The summed E-state index contributed by atoms with van der Waals surface area (Å²) in [7, 11) is 0. The van der Waals surface area contributed by atoms with Crippen molar-refractivity contribution in [3.8, 4) is 0 Å². The molecule has 79 heavy (non-hydrogen) atoms. The number of hydrogen-bond acceptors (Lipinski definition) is 6. The first-order valence-corrected chi connectivity index (χ1v) is 33.7. The van der Waals surface area contributed by atoms with Gasteiger partial charge in [-0.15, -0.1) is 0 Å². The normalized spacial score (nSPS) is 12.7. The van der Waals surface area contributed by atoms with Crippen molar-refractivity contribution in [3.63, 3.8) is 0 Å². The number of esters is 3. The van der Waals surface area contributed by atoms with E-state index in [-0.39, 0.29) is 31.1 Å². The van der Waals surface area contributed by atoms with Crippen molar-refractivity contribution in [1.29, 1.82) is 0 Å². The van der Waals surface area contributed by atoms with Crippen LogP contribution in [-0.4, -0.2) is 37.2 Å². The molecule has 6 nitrogen and oxygen atoms in total. The molecular formula is C73H126O6. The second kappa shape index (κ2) is 66.8. The lowest BCUT2D eigenvalue weighted by Gasteiger charge is -2.18. The molecule has 0 spiro atoms. The molecule has 0 saturated heterocycles. The van der Waals surface area contributed by atoms with Crippen molar-refractivity contribution in [2.75, 3.05) is 13.2 Å². The Morgan fingerprint density at radius 2 is 0.494 bits per heavy atom. The lowest BCUT2D eigenvalue weighted by molar-refractivity contribution is -0.167. The van der Waals surface area contributed by atoms with E-state index in [0.29, 0.717) is 19.3 Å². The SMILES string of the molecule is CC/C=C\C/C=C\C/C=C\C/C=C\C/C=C\CCCCCCCCCC(=O)OC(COC(=O)CCCCC/C=C\C/C=C\C/C=C\CC)COC(=O)CCCCCCCCCCCCCCCCCCCCCCCCCCC. The van der Waals surface area contributed by atoms with E-state index in [1.54, 1.807) is 0 Å². The summed E-state index contributed by atoms with van der Waals surface area (Å²) < 4.78 is 16.9. The largest absolute Gasteiger partial charge is 0.462 e. The summed E-state index contributed by atoms with van der Waals surface area (Å²) in [6.45, 7) is 6.42. The van der Waals surface area contributed by atoms with E-state index in [4.69, 9.17) is 14.2 Å². The first-order chi connectivity index (χ1) is 39.0. The molecule has 0 N–H and O–H groups in total. The van der Waals surface area contributed by atoms with Crippen LogP contribution < -0.4 is 0 Å². The quantitative estimate of drug-likeness (QED) is 0.0261. The van der Waals surface area contributed by atoms with Gasteiger partial charge in [-0.2, -0.15) is 0 Å². The zero-order chi connectivity index (χ0) is 57.1. The average Bonchev–Trinajstić information content (AvgIpc) is 3.45. The zero-order valence-electron chi connectivity index (χ0n) is 52.1. The van der Waals surface area contributed by atoms with Gasteiger partial charge in [0, 0.05) is 19.3 Å². The number of carbonyl (C=O) groups excluding carboxylic acids is 3. The zero-order valence-corrected chi connectivity index (χ0v) is 52.1. The van der Waals surface area contributed by atoms with E-state index in [9.17, 15) is 14.4 Å². The van der Waals surface area contributed by atoms with Crippen molar-refractivity contribution < 1.29 is 28.6 Å². The van der Waals surface area contributed by atoms with Crippen LogP contribution in [0.25, 0.3) is 0 Å². The van der Waals surface area contributed by atoms with E-state index < -0.39 is 6.10 Å². The molecule has 0 aliphatic heterocycles. The third-order valence-corrected chi connectivity index (χ3v) is 14.6. The number of carbonyl (C=O) groups is 3. The summed E-state index contributed by atoms with van der Waals surface area (Å²) in [5, 5.41) is 0. The molecule has 0 aromatic rings. The van der Waals surface area contributed by atoms with Gasteiger partial charge >= 0.3 is 17.9 Å². The minimum Gasteiger partial charge on any atom is -0.462 e. The number of allylic oxidation sites excluding steroid dienone is 16. The lowest BCUT2D eigenvalue weighted by Crippen LogP contribution is -2.30. The van der Waals surface area contributed by atoms with E-state index in [2.05, 4.69) is 118 Å². The Hall–Kier alpha value is -3.67. The van der Waals surface area contributed by atoms with Gasteiger partial charge < -0.3 is 14.2 Å². The Morgan fingerprint density at radius 3 is 0.785 bits per heavy atom. The van der Waals surface area contributed by atoms with E-state index in [1.807, 2.05) is 0 Å². The van der Waals surface area contributed by atoms with Gasteiger partial charge in [-0.05, 0) is 96.3 Å². The molecular weight excluding hydrogens is 973 g/mol. The van der Waals surface area contributed by atoms with E-state index in [0.717, 1.165) is 122 Å². The minimum absolute atomic E-state index is 0.0894. The highest BCUT2D eigenvalue weighted by molar-refractivity contribution is 5.71. The second-order valence-electron chi connectivity index (χ2n) is 22.3. The molecule has 6 heteroatoms. The van der Waals surface area contributed by atoms with E-state index in [1.165, 1.54) is 167 Å². The van der Waals surface area contributed by atoms with Gasteiger partial charge in [0.15, 0.2) is 6.10 Å². The highest BCUT2D eigenvalue weighted by Gasteiger charge is 2.19. The molecule has 0 saturated carbocycles. The van der Waals surface area contributed by atoms with Gasteiger partial charge in [0.05, 0.1) is 0 Å². The van der Waals surface area contributed by atoms with Gasteiger partial charge in [0.1, 0.15) is 13.2 Å². The molecule has 0 amide bonds. The molecule has 0 aliphatic rings. The molecule has 0 aromatic carbocycles. The standard InChI is InChI=1S/C73H126O6/c1-4-7-10-13-16-19-22-25-27-29-31-33-35-36-38-39-41-43-45-48-51-54-57-60-63-66-72(75)78-69-70(68-77-71(74)65-62-59-56-53-50-47-24-21-18-15-12-9-6-3)79-73(76)67-64-61-58-55-52-49-46-44-42-40-37-34-32-30-28-26-23-20-17-14-11-8-5-2/h8-9,11-12,17-18,20-21,26,28,32,34,40,42,47,50,70H,4-7,10,13-16,19,22-25,27,29-31,33,35-39,41,43-46,48-49,51-69H2,1-3H3/b11-8-,12-9-,20-17-,21-18-,28-26-,34-32-,42-40-,50-47-. The molecule has 454 valence electrons. The molecule has 0 aliphatic carbocycles. The minimum atomic E-state index is -0.797. The second-order valence-corrected chi connectivity index (χ2v) is 22.3. The maximum absolute atomic E-state index is 12.9. The van der Waals surface area contributed by atoms with Crippen LogP contribution in [0.1, 0.15) is 329 Å². The van der Waals surface area contributed by atoms with Crippen LogP contribution in [0.2, 0.25) is 0 Å². The molecule has 0 radical (unpaired) electrons. The molecule has 1 unspecified atom stereocenters. The summed E-state index contributed by atoms with van der Waals surface area (Å²) >= 11 is 0. The summed E-state index contributed by atoms with van der Waals surface area (Å²) in [6.07, 6.45) is 90.1. The highest BCUT2D eigenvalue weighted by atomic mass is 16.6. The van der Waals surface area contributed by atoms with Crippen LogP contribution in [0.3, 0.4) is 0 Å². The summed E-state index contributed by atoms with van der Waals surface area (Å²) in [4.78, 5) is 38.4. The lowest BCUT2D eigenvalue weighted by atomic mass is 10.0. The molecule has 0 heterocycles. The van der Waals surface area contributed by atoms with Gasteiger partial charge in [-0.25, -0.2) is 0 Å². The fourth-order valence-electron chi connectivity index (χ4n) is 9.60. The van der Waals surface area contributed by atoms with Crippen LogP contribution in [0.4, 0.5) is 0 Å². The fourth-order valence-corrected chi connectivity index (χ4v) is 9.60. The van der Waals surface area contributed by atoms with Crippen LogP contribution in [0.15, 0.2) is 97.2 Å². The molecule has 0 rings (SSSR count). The Balaban J connectivity index is 4.31. The molecule has 0 bridgehead atoms. The van der Waals surface area contributed by atoms with Crippen molar-refractivity contribution in [2.45, 2.75) is 335 Å².